The molecule has 4 rings (SSSR count). The Morgan fingerprint density at radius 2 is 2.28 bits per heavy atom. The third kappa shape index (κ3) is 4.52. The van der Waals surface area contributed by atoms with Crippen molar-refractivity contribution in [3.05, 3.63) is 59.5 Å². The smallest absolute Gasteiger partial charge is 0.260 e. The van der Waals surface area contributed by atoms with E-state index in [1.54, 1.807) is 23.4 Å². The predicted octanol–water partition coefficient (Wildman–Crippen LogP) is 2.90. The largest absolute Gasteiger partial charge is 0.484 e. The zero-order chi connectivity index (χ0) is 20.2. The number of halogens is 2. The number of carbonyl (C=O) groups is 1. The maximum atomic E-state index is 13.2. The summed E-state index contributed by atoms with van der Waals surface area (Å²) in [6, 6.07) is 7.51. The minimum Gasteiger partial charge on any atom is -0.484 e. The molecule has 29 heavy (non-hydrogen) atoms. The van der Waals surface area contributed by atoms with Crippen molar-refractivity contribution in [1.29, 1.82) is 0 Å². The van der Waals surface area contributed by atoms with Gasteiger partial charge in [0, 0.05) is 30.6 Å². The molecule has 0 aliphatic carbocycles. The van der Waals surface area contributed by atoms with Crippen LogP contribution in [0.4, 0.5) is 4.39 Å². The molecule has 1 saturated heterocycles. The lowest BCUT2D eigenvalue weighted by Crippen LogP contribution is -2.44. The highest BCUT2D eigenvalue weighted by Crippen LogP contribution is 2.24. The van der Waals surface area contributed by atoms with E-state index in [9.17, 15) is 9.18 Å². The molecule has 10 heteroatoms. The van der Waals surface area contributed by atoms with Gasteiger partial charge in [-0.05, 0) is 24.3 Å². The van der Waals surface area contributed by atoms with Crippen LogP contribution in [0.3, 0.4) is 0 Å². The molecule has 0 spiro atoms. The number of benzene rings is 1. The highest BCUT2D eigenvalue weighted by Gasteiger charge is 2.29. The number of rotatable bonds is 5. The van der Waals surface area contributed by atoms with Crippen molar-refractivity contribution in [3.63, 3.8) is 0 Å². The van der Waals surface area contributed by atoms with Crippen LogP contribution in [0.5, 0.6) is 5.75 Å². The Hall–Kier alpha value is -3.04. The summed E-state index contributed by atoms with van der Waals surface area (Å²) < 4.78 is 29.6. The Morgan fingerprint density at radius 1 is 1.38 bits per heavy atom. The van der Waals surface area contributed by atoms with Gasteiger partial charge in [0.05, 0.1) is 18.2 Å². The maximum Gasteiger partial charge on any atom is 0.260 e. The molecule has 0 unspecified atom stereocenters. The highest BCUT2D eigenvalue weighted by atomic mass is 35.5. The van der Waals surface area contributed by atoms with Crippen LogP contribution in [0.2, 0.25) is 5.02 Å². The van der Waals surface area contributed by atoms with Gasteiger partial charge < -0.3 is 18.9 Å². The van der Waals surface area contributed by atoms with Crippen molar-refractivity contribution in [2.45, 2.75) is 6.10 Å². The van der Waals surface area contributed by atoms with Gasteiger partial charge in [-0.25, -0.2) is 4.39 Å². The number of amides is 1. The molecular weight excluding hydrogens is 403 g/mol. The molecule has 1 amide bonds. The molecule has 2 aromatic heterocycles. The lowest BCUT2D eigenvalue weighted by atomic mass is 10.2. The number of carbonyl (C=O) groups excluding carboxylic acids is 1. The summed E-state index contributed by atoms with van der Waals surface area (Å²) >= 11 is 5.72. The van der Waals surface area contributed by atoms with Crippen molar-refractivity contribution < 1.29 is 23.2 Å². The van der Waals surface area contributed by atoms with Gasteiger partial charge in [-0.15, -0.1) is 0 Å². The summed E-state index contributed by atoms with van der Waals surface area (Å²) in [6.07, 6.45) is 2.75. The first-order valence-electron chi connectivity index (χ1n) is 8.81. The Morgan fingerprint density at radius 3 is 3.07 bits per heavy atom. The van der Waals surface area contributed by atoms with Crippen molar-refractivity contribution in [2.75, 3.05) is 26.3 Å². The summed E-state index contributed by atoms with van der Waals surface area (Å²) in [5.41, 5.74) is 0.720. The lowest BCUT2D eigenvalue weighted by molar-refractivity contribution is -0.142. The SMILES string of the molecule is O=C(COc1ccc(F)c(Cl)c1)N1CCO[C@@H](c2nc(-c3cccnc3)no2)C1. The molecule has 0 radical (unpaired) electrons. The number of morpholine rings is 1. The first-order chi connectivity index (χ1) is 14.1. The monoisotopic (exact) mass is 418 g/mol. The first kappa shape index (κ1) is 19.3. The van der Waals surface area contributed by atoms with E-state index in [0.29, 0.717) is 24.7 Å². The summed E-state index contributed by atoms with van der Waals surface area (Å²) in [4.78, 5) is 22.5. The van der Waals surface area contributed by atoms with E-state index >= 15 is 0 Å². The van der Waals surface area contributed by atoms with Crippen LogP contribution in [-0.2, 0) is 9.53 Å². The molecule has 1 aliphatic heterocycles. The second-order valence-electron chi connectivity index (χ2n) is 6.26. The standard InChI is InChI=1S/C19H16ClFN4O4/c20-14-8-13(3-4-15(14)21)28-11-17(26)25-6-7-27-16(10-25)19-23-18(24-29-19)12-2-1-5-22-9-12/h1-5,8-9,16H,6-7,10-11H2/t16-/m1/s1. The second-order valence-corrected chi connectivity index (χ2v) is 6.67. The molecule has 3 heterocycles. The van der Waals surface area contributed by atoms with E-state index < -0.39 is 11.9 Å². The Labute approximate surface area is 170 Å². The number of pyridine rings is 1. The van der Waals surface area contributed by atoms with Crippen molar-refractivity contribution in [2.24, 2.45) is 0 Å². The molecule has 1 atom stereocenters. The average Bonchev–Trinajstić information content (AvgIpc) is 3.25. The predicted molar refractivity (Wildman–Crippen MR) is 99.7 cm³/mol. The van der Waals surface area contributed by atoms with Crippen molar-refractivity contribution >= 4 is 17.5 Å². The first-order valence-corrected chi connectivity index (χ1v) is 9.19. The van der Waals surface area contributed by atoms with Gasteiger partial charge >= 0.3 is 0 Å². The molecule has 1 aromatic carbocycles. The summed E-state index contributed by atoms with van der Waals surface area (Å²) in [5.74, 6) is 0.203. The van der Waals surface area contributed by atoms with Gasteiger partial charge in [-0.1, -0.05) is 16.8 Å². The average molecular weight is 419 g/mol. The Balaban J connectivity index is 1.37. The van der Waals surface area contributed by atoms with Gasteiger partial charge in [0.2, 0.25) is 5.82 Å². The van der Waals surface area contributed by atoms with Crippen LogP contribution >= 0.6 is 11.6 Å². The second kappa shape index (κ2) is 8.54. The fraction of sp³-hybridized carbons (Fsp3) is 0.263. The zero-order valence-electron chi connectivity index (χ0n) is 15.1. The highest BCUT2D eigenvalue weighted by molar-refractivity contribution is 6.30. The molecule has 3 aromatic rings. The van der Waals surface area contributed by atoms with Gasteiger partial charge in [0.15, 0.2) is 12.7 Å². The summed E-state index contributed by atoms with van der Waals surface area (Å²) in [7, 11) is 0. The van der Waals surface area contributed by atoms with Crippen LogP contribution in [-0.4, -0.2) is 52.2 Å². The minimum atomic E-state index is -0.549. The van der Waals surface area contributed by atoms with E-state index in [4.69, 9.17) is 25.6 Å². The van der Waals surface area contributed by atoms with E-state index in [0.717, 1.165) is 5.56 Å². The summed E-state index contributed by atoms with van der Waals surface area (Å²) in [5, 5.41) is 3.88. The third-order valence-corrected chi connectivity index (χ3v) is 4.60. The molecule has 8 nitrogen and oxygen atoms in total. The molecule has 0 bridgehead atoms. The Kier molecular flexibility index (Phi) is 5.68. The van der Waals surface area contributed by atoms with Crippen LogP contribution in [0.25, 0.3) is 11.4 Å². The van der Waals surface area contributed by atoms with Crippen LogP contribution < -0.4 is 4.74 Å². The van der Waals surface area contributed by atoms with E-state index in [-0.39, 0.29) is 30.0 Å². The molecule has 1 fully saturated rings. The molecule has 150 valence electrons. The quantitative estimate of drug-likeness (QED) is 0.629. The van der Waals surface area contributed by atoms with Crippen molar-refractivity contribution in [3.8, 4) is 17.1 Å². The van der Waals surface area contributed by atoms with E-state index in [1.165, 1.54) is 18.2 Å². The number of ether oxygens (including phenoxy) is 2. The molecule has 1 aliphatic rings. The third-order valence-electron chi connectivity index (χ3n) is 4.31. The van der Waals surface area contributed by atoms with Crippen molar-refractivity contribution in [1.82, 2.24) is 20.0 Å². The Bertz CT molecular complexity index is 1000. The number of hydrogen-bond acceptors (Lipinski definition) is 7. The number of aromatic nitrogens is 3. The van der Waals surface area contributed by atoms with Gasteiger partial charge in [-0.3, -0.25) is 9.78 Å². The van der Waals surface area contributed by atoms with Crippen LogP contribution in [0.1, 0.15) is 12.0 Å². The maximum absolute atomic E-state index is 13.2. The molecular formula is C19H16ClFN4O4. The topological polar surface area (TPSA) is 90.6 Å². The molecule has 0 N–H and O–H groups in total. The fourth-order valence-corrected chi connectivity index (χ4v) is 2.98. The minimum absolute atomic E-state index is 0.0674. The van der Waals surface area contributed by atoms with E-state index in [2.05, 4.69) is 15.1 Å². The van der Waals surface area contributed by atoms with Crippen LogP contribution in [0.15, 0.2) is 47.2 Å². The summed E-state index contributed by atoms with van der Waals surface area (Å²) in [6.45, 7) is 0.774. The zero-order valence-corrected chi connectivity index (χ0v) is 15.9. The lowest BCUT2D eigenvalue weighted by Gasteiger charge is -2.31. The fourth-order valence-electron chi connectivity index (χ4n) is 2.81. The van der Waals surface area contributed by atoms with Gasteiger partial charge in [0.25, 0.3) is 11.8 Å². The number of nitrogens with zero attached hydrogens (tertiary/aromatic N) is 4. The van der Waals surface area contributed by atoms with Crippen LogP contribution in [0, 0.1) is 5.82 Å². The normalized spacial score (nSPS) is 16.6. The van der Waals surface area contributed by atoms with Gasteiger partial charge in [0.1, 0.15) is 11.6 Å². The number of hydrogen-bond donors (Lipinski definition) is 0. The van der Waals surface area contributed by atoms with E-state index in [1.807, 2.05) is 6.07 Å². The van der Waals surface area contributed by atoms with Gasteiger partial charge in [-0.2, -0.15) is 4.98 Å². The molecule has 0 saturated carbocycles.